The van der Waals surface area contributed by atoms with E-state index in [0.29, 0.717) is 22.5 Å². The van der Waals surface area contributed by atoms with Crippen LogP contribution in [0.3, 0.4) is 0 Å². The second-order valence-corrected chi connectivity index (χ2v) is 9.17. The first kappa shape index (κ1) is 21.9. The van der Waals surface area contributed by atoms with Crippen LogP contribution in [0.4, 0.5) is 5.82 Å². The molecule has 2 fully saturated rings. The maximum absolute atomic E-state index is 6.41. The van der Waals surface area contributed by atoms with Crippen LogP contribution in [0.25, 0.3) is 5.65 Å². The fourth-order valence-electron chi connectivity index (χ4n) is 5.51. The average molecular weight is 447 g/mol. The van der Waals surface area contributed by atoms with Crippen LogP contribution >= 0.6 is 36.4 Å². The van der Waals surface area contributed by atoms with Crippen LogP contribution in [-0.2, 0) is 12.8 Å². The van der Waals surface area contributed by atoms with Crippen LogP contribution in [0.5, 0.6) is 0 Å². The number of hydrogen-bond donors (Lipinski definition) is 2. The minimum absolute atomic E-state index is 0. The standard InChI is InChI=1S/C20H28ClN5.2ClH/c21-16-12-23-26-18(24-14-5-4-13(22)10-14)15-6-9-20(7-2-1-3-8-20)11-17(15)25-19(16)26;;/h12-14,24H,1-11,22H2;2*1H/t13-,14-;;/m1../s1. The van der Waals surface area contributed by atoms with E-state index in [1.54, 1.807) is 6.20 Å². The van der Waals surface area contributed by atoms with Gasteiger partial charge in [-0.3, -0.25) is 0 Å². The predicted molar refractivity (Wildman–Crippen MR) is 119 cm³/mol. The van der Waals surface area contributed by atoms with Crippen LogP contribution < -0.4 is 11.1 Å². The zero-order chi connectivity index (χ0) is 17.7. The molecule has 0 amide bonds. The summed E-state index contributed by atoms with van der Waals surface area (Å²) in [5.74, 6) is 1.11. The van der Waals surface area contributed by atoms with Crippen LogP contribution in [-0.4, -0.2) is 26.7 Å². The lowest BCUT2D eigenvalue weighted by molar-refractivity contribution is 0.160. The van der Waals surface area contributed by atoms with Gasteiger partial charge in [0, 0.05) is 17.6 Å². The van der Waals surface area contributed by atoms with Crippen molar-refractivity contribution in [3.8, 4) is 0 Å². The van der Waals surface area contributed by atoms with Crippen molar-refractivity contribution >= 4 is 47.9 Å². The van der Waals surface area contributed by atoms with Gasteiger partial charge < -0.3 is 11.1 Å². The molecule has 2 aromatic rings. The van der Waals surface area contributed by atoms with E-state index in [2.05, 4.69) is 10.4 Å². The van der Waals surface area contributed by atoms with Crippen molar-refractivity contribution in [1.82, 2.24) is 14.6 Å². The summed E-state index contributed by atoms with van der Waals surface area (Å²) in [6, 6.07) is 0.737. The molecule has 1 spiro atoms. The molecule has 2 saturated carbocycles. The van der Waals surface area contributed by atoms with Crippen molar-refractivity contribution in [2.24, 2.45) is 11.1 Å². The van der Waals surface area contributed by atoms with Crippen molar-refractivity contribution in [2.75, 3.05) is 5.32 Å². The van der Waals surface area contributed by atoms with Crippen LogP contribution in [0, 0.1) is 5.41 Å². The highest BCUT2D eigenvalue weighted by atomic mass is 35.5. The minimum Gasteiger partial charge on any atom is -0.367 e. The lowest BCUT2D eigenvalue weighted by atomic mass is 9.65. The second-order valence-electron chi connectivity index (χ2n) is 8.77. The SMILES string of the molecule is Cl.Cl.N[C@@H]1CC[C@@H](Nc2c3c(nc4c(Cl)cnn24)CC2(CCCCC2)CC3)C1. The summed E-state index contributed by atoms with van der Waals surface area (Å²) in [5, 5.41) is 8.93. The Balaban J connectivity index is 0.00000112. The van der Waals surface area contributed by atoms with Crippen LogP contribution in [0.15, 0.2) is 6.20 Å². The van der Waals surface area contributed by atoms with E-state index in [0.717, 1.165) is 43.6 Å². The lowest BCUT2D eigenvalue weighted by Gasteiger charge is -2.41. The normalized spacial score (nSPS) is 25.8. The summed E-state index contributed by atoms with van der Waals surface area (Å²) in [6.07, 6.45) is 15.3. The number of rotatable bonds is 2. The van der Waals surface area contributed by atoms with Gasteiger partial charge in [0.2, 0.25) is 0 Å². The maximum atomic E-state index is 6.41. The molecule has 0 unspecified atom stereocenters. The first-order chi connectivity index (χ1) is 12.6. The van der Waals surface area contributed by atoms with Gasteiger partial charge in [-0.2, -0.15) is 9.61 Å². The molecular weight excluding hydrogens is 417 g/mol. The number of halogens is 3. The molecule has 2 aromatic heterocycles. The van der Waals surface area contributed by atoms with E-state index >= 15 is 0 Å². The number of nitrogens with one attached hydrogen (secondary N) is 1. The van der Waals surface area contributed by atoms with Crippen molar-refractivity contribution < 1.29 is 0 Å². The van der Waals surface area contributed by atoms with E-state index in [-0.39, 0.29) is 24.8 Å². The smallest absolute Gasteiger partial charge is 0.176 e. The van der Waals surface area contributed by atoms with Gasteiger partial charge in [-0.15, -0.1) is 24.8 Å². The Morgan fingerprint density at radius 2 is 1.93 bits per heavy atom. The zero-order valence-electron chi connectivity index (χ0n) is 16.1. The van der Waals surface area contributed by atoms with Crippen molar-refractivity contribution in [3.63, 3.8) is 0 Å². The fourth-order valence-corrected chi connectivity index (χ4v) is 5.67. The molecule has 156 valence electrons. The molecule has 3 N–H and O–H groups in total. The topological polar surface area (TPSA) is 68.2 Å². The van der Waals surface area contributed by atoms with E-state index in [1.165, 1.54) is 49.8 Å². The summed E-state index contributed by atoms with van der Waals surface area (Å²) in [7, 11) is 0. The molecule has 2 heterocycles. The summed E-state index contributed by atoms with van der Waals surface area (Å²) in [6.45, 7) is 0. The third-order valence-electron chi connectivity index (χ3n) is 6.96. The van der Waals surface area contributed by atoms with Crippen molar-refractivity contribution in [1.29, 1.82) is 0 Å². The monoisotopic (exact) mass is 445 g/mol. The Morgan fingerprint density at radius 3 is 2.64 bits per heavy atom. The zero-order valence-corrected chi connectivity index (χ0v) is 18.5. The van der Waals surface area contributed by atoms with E-state index in [4.69, 9.17) is 22.3 Å². The first-order valence-electron chi connectivity index (χ1n) is 10.2. The Bertz CT molecular complexity index is 831. The fraction of sp³-hybridized carbons (Fsp3) is 0.700. The molecule has 3 aliphatic carbocycles. The summed E-state index contributed by atoms with van der Waals surface area (Å²) in [5.41, 5.74) is 10.00. The van der Waals surface area contributed by atoms with Gasteiger partial charge in [-0.25, -0.2) is 4.98 Å². The van der Waals surface area contributed by atoms with E-state index < -0.39 is 0 Å². The van der Waals surface area contributed by atoms with Crippen LogP contribution in [0.2, 0.25) is 5.02 Å². The average Bonchev–Trinajstić information content (AvgIpc) is 3.21. The van der Waals surface area contributed by atoms with Crippen molar-refractivity contribution in [2.45, 2.75) is 82.7 Å². The van der Waals surface area contributed by atoms with Gasteiger partial charge in [0.05, 0.1) is 11.9 Å². The number of fused-ring (bicyclic) bond motifs is 2. The first-order valence-corrected chi connectivity index (χ1v) is 10.6. The largest absolute Gasteiger partial charge is 0.367 e. The molecule has 3 aliphatic rings. The number of nitrogens with two attached hydrogens (primary N) is 1. The number of anilines is 1. The van der Waals surface area contributed by atoms with E-state index in [9.17, 15) is 0 Å². The summed E-state index contributed by atoms with van der Waals surface area (Å²) >= 11 is 6.41. The Hall–Kier alpha value is -0.750. The number of nitrogens with zero attached hydrogens (tertiary/aromatic N) is 3. The summed E-state index contributed by atoms with van der Waals surface area (Å²) < 4.78 is 1.92. The number of aromatic nitrogens is 3. The molecule has 28 heavy (non-hydrogen) atoms. The molecule has 5 nitrogen and oxygen atoms in total. The predicted octanol–water partition coefficient (Wildman–Crippen LogP) is 4.96. The van der Waals surface area contributed by atoms with Gasteiger partial charge in [-0.1, -0.05) is 30.9 Å². The molecule has 5 rings (SSSR count). The van der Waals surface area contributed by atoms with Crippen LogP contribution in [0.1, 0.15) is 69.0 Å². The van der Waals surface area contributed by atoms with Crippen molar-refractivity contribution in [3.05, 3.63) is 22.5 Å². The van der Waals surface area contributed by atoms with Gasteiger partial charge >= 0.3 is 0 Å². The molecule has 8 heteroatoms. The quantitative estimate of drug-likeness (QED) is 0.684. The third kappa shape index (κ3) is 3.83. The third-order valence-corrected chi connectivity index (χ3v) is 7.23. The lowest BCUT2D eigenvalue weighted by Crippen LogP contribution is -2.33. The molecule has 0 saturated heterocycles. The Morgan fingerprint density at radius 1 is 1.14 bits per heavy atom. The molecule has 2 atom stereocenters. The van der Waals surface area contributed by atoms with Gasteiger partial charge in [0.1, 0.15) is 10.8 Å². The maximum Gasteiger partial charge on any atom is 0.176 e. The molecular formula is C20H30Cl3N5. The minimum atomic E-state index is 0. The highest BCUT2D eigenvalue weighted by Gasteiger charge is 2.38. The highest BCUT2D eigenvalue weighted by molar-refractivity contribution is 6.33. The Labute approximate surface area is 184 Å². The molecule has 0 radical (unpaired) electrons. The Kier molecular flexibility index (Phi) is 6.70. The molecule has 0 bridgehead atoms. The van der Waals surface area contributed by atoms with E-state index in [1.807, 2.05) is 4.52 Å². The van der Waals surface area contributed by atoms with Gasteiger partial charge in [-0.05, 0) is 56.8 Å². The molecule has 0 aliphatic heterocycles. The highest BCUT2D eigenvalue weighted by Crippen LogP contribution is 2.47. The summed E-state index contributed by atoms with van der Waals surface area (Å²) in [4.78, 5) is 4.98. The van der Waals surface area contributed by atoms with Gasteiger partial charge in [0.15, 0.2) is 5.65 Å². The van der Waals surface area contributed by atoms with Gasteiger partial charge in [0.25, 0.3) is 0 Å². The second kappa shape index (κ2) is 8.55. The molecule has 0 aromatic carbocycles. The number of hydrogen-bond acceptors (Lipinski definition) is 4.